The van der Waals surface area contributed by atoms with Gasteiger partial charge in [0.2, 0.25) is 5.91 Å². The lowest BCUT2D eigenvalue weighted by Gasteiger charge is -2.25. The van der Waals surface area contributed by atoms with Crippen molar-refractivity contribution in [2.24, 2.45) is 5.92 Å². The minimum atomic E-state index is -0.543. The zero-order chi connectivity index (χ0) is 14.3. The van der Waals surface area contributed by atoms with Crippen molar-refractivity contribution in [3.8, 4) is 0 Å². The van der Waals surface area contributed by atoms with E-state index in [1.165, 1.54) is 7.11 Å². The van der Waals surface area contributed by atoms with Gasteiger partial charge in [-0.15, -0.1) is 0 Å². The molecule has 1 amide bonds. The Kier molecular flexibility index (Phi) is 7.23. The topological polar surface area (TPSA) is 67.4 Å². The molecule has 0 aliphatic carbocycles. The summed E-state index contributed by atoms with van der Waals surface area (Å²) < 4.78 is 4.75. The first kappa shape index (κ1) is 16.3. The van der Waals surface area contributed by atoms with E-state index < -0.39 is 6.04 Å². The Labute approximate surface area is 119 Å². The van der Waals surface area contributed by atoms with Gasteiger partial charge in [-0.2, -0.15) is 11.8 Å². The molecule has 1 heterocycles. The van der Waals surface area contributed by atoms with Crippen LogP contribution in [0.5, 0.6) is 0 Å². The van der Waals surface area contributed by atoms with Gasteiger partial charge in [-0.1, -0.05) is 20.3 Å². The number of methoxy groups -OCH3 is 1. The van der Waals surface area contributed by atoms with Crippen molar-refractivity contribution >= 4 is 23.6 Å². The zero-order valence-electron chi connectivity index (χ0n) is 11.9. The van der Waals surface area contributed by atoms with Gasteiger partial charge in [0.05, 0.1) is 7.11 Å². The van der Waals surface area contributed by atoms with Crippen LogP contribution in [0.15, 0.2) is 0 Å². The molecule has 0 bridgehead atoms. The summed E-state index contributed by atoms with van der Waals surface area (Å²) in [5, 5.41) is 6.11. The van der Waals surface area contributed by atoms with E-state index in [0.717, 1.165) is 24.5 Å². The van der Waals surface area contributed by atoms with E-state index in [-0.39, 0.29) is 23.8 Å². The fraction of sp³-hybridized carbons (Fsp3) is 0.846. The molecule has 0 aromatic heterocycles. The van der Waals surface area contributed by atoms with E-state index in [2.05, 4.69) is 10.6 Å². The highest BCUT2D eigenvalue weighted by atomic mass is 32.2. The number of hydrogen-bond acceptors (Lipinski definition) is 5. The van der Waals surface area contributed by atoms with Crippen LogP contribution in [0, 0.1) is 5.92 Å². The second-order valence-corrected chi connectivity index (χ2v) is 6.03. The Morgan fingerprint density at radius 3 is 2.79 bits per heavy atom. The Balaban J connectivity index is 2.48. The quantitative estimate of drug-likeness (QED) is 0.707. The lowest BCUT2D eigenvalue weighted by Crippen LogP contribution is -2.48. The van der Waals surface area contributed by atoms with Crippen molar-refractivity contribution < 1.29 is 14.3 Å². The minimum absolute atomic E-state index is 0.0742. The molecule has 0 radical (unpaired) electrons. The molecule has 5 nitrogen and oxygen atoms in total. The van der Waals surface area contributed by atoms with E-state index in [4.69, 9.17) is 4.74 Å². The Morgan fingerprint density at radius 1 is 1.53 bits per heavy atom. The number of nitrogens with one attached hydrogen (secondary N) is 2. The van der Waals surface area contributed by atoms with Crippen molar-refractivity contribution in [1.29, 1.82) is 0 Å². The SMILES string of the molecule is CC[C@H](C)[C@H](NC(=O)CC1CSCCN1)C(=O)OC. The van der Waals surface area contributed by atoms with E-state index in [9.17, 15) is 9.59 Å². The van der Waals surface area contributed by atoms with Gasteiger partial charge < -0.3 is 15.4 Å². The van der Waals surface area contributed by atoms with E-state index in [1.807, 2.05) is 25.6 Å². The largest absolute Gasteiger partial charge is 0.467 e. The highest BCUT2D eigenvalue weighted by Gasteiger charge is 2.27. The molecular formula is C13H24N2O3S. The van der Waals surface area contributed by atoms with Crippen LogP contribution in [-0.4, -0.2) is 49.1 Å². The van der Waals surface area contributed by atoms with Crippen molar-refractivity contribution in [1.82, 2.24) is 10.6 Å². The van der Waals surface area contributed by atoms with Gasteiger partial charge in [-0.25, -0.2) is 4.79 Å². The van der Waals surface area contributed by atoms with Gasteiger partial charge in [-0.3, -0.25) is 4.79 Å². The summed E-state index contributed by atoms with van der Waals surface area (Å²) in [4.78, 5) is 23.7. The standard InChI is InChI=1S/C13H24N2O3S/c1-4-9(2)12(13(17)18-3)15-11(16)7-10-8-19-6-5-14-10/h9-10,12,14H,4-8H2,1-3H3,(H,15,16)/t9-,10?,12-/m0/s1. The highest BCUT2D eigenvalue weighted by molar-refractivity contribution is 7.99. The van der Waals surface area contributed by atoms with Crippen LogP contribution in [0.3, 0.4) is 0 Å². The van der Waals surface area contributed by atoms with Crippen molar-refractivity contribution in [3.05, 3.63) is 0 Å². The molecule has 19 heavy (non-hydrogen) atoms. The molecule has 3 atom stereocenters. The predicted octanol–water partition coefficient (Wildman–Crippen LogP) is 0.785. The van der Waals surface area contributed by atoms with Crippen LogP contribution >= 0.6 is 11.8 Å². The van der Waals surface area contributed by atoms with Crippen LogP contribution < -0.4 is 10.6 Å². The van der Waals surface area contributed by atoms with Crippen LogP contribution in [0.2, 0.25) is 0 Å². The minimum Gasteiger partial charge on any atom is -0.467 e. The number of rotatable bonds is 6. The molecule has 1 fully saturated rings. The maximum absolute atomic E-state index is 12.0. The Hall–Kier alpha value is -0.750. The van der Waals surface area contributed by atoms with Crippen molar-refractivity contribution in [2.45, 2.75) is 38.8 Å². The molecule has 1 rings (SSSR count). The molecular weight excluding hydrogens is 264 g/mol. The number of ether oxygens (including phenoxy) is 1. The van der Waals surface area contributed by atoms with Gasteiger partial charge in [-0.05, 0) is 5.92 Å². The summed E-state index contributed by atoms with van der Waals surface area (Å²) in [6.07, 6.45) is 1.23. The summed E-state index contributed by atoms with van der Waals surface area (Å²) >= 11 is 1.85. The van der Waals surface area contributed by atoms with E-state index in [0.29, 0.717) is 6.42 Å². The number of carbonyl (C=O) groups excluding carboxylic acids is 2. The third-order valence-electron chi connectivity index (χ3n) is 3.41. The van der Waals surface area contributed by atoms with Crippen molar-refractivity contribution in [2.75, 3.05) is 25.2 Å². The molecule has 0 aromatic rings. The summed E-state index contributed by atoms with van der Waals surface area (Å²) in [5.74, 6) is 1.66. The first-order chi connectivity index (χ1) is 9.08. The third-order valence-corrected chi connectivity index (χ3v) is 4.55. The predicted molar refractivity (Wildman–Crippen MR) is 77.1 cm³/mol. The van der Waals surface area contributed by atoms with E-state index in [1.54, 1.807) is 0 Å². The molecule has 110 valence electrons. The van der Waals surface area contributed by atoms with Gasteiger partial charge in [0.15, 0.2) is 0 Å². The van der Waals surface area contributed by atoms with E-state index >= 15 is 0 Å². The van der Waals surface area contributed by atoms with Crippen molar-refractivity contribution in [3.63, 3.8) is 0 Å². The lowest BCUT2D eigenvalue weighted by atomic mass is 9.99. The van der Waals surface area contributed by atoms with Gasteiger partial charge in [0.1, 0.15) is 6.04 Å². The molecule has 1 unspecified atom stereocenters. The summed E-state index contributed by atoms with van der Waals surface area (Å²) in [6, 6.07) is -0.340. The Bertz CT molecular complexity index is 306. The zero-order valence-corrected chi connectivity index (χ0v) is 12.7. The molecule has 2 N–H and O–H groups in total. The Morgan fingerprint density at radius 2 is 2.26 bits per heavy atom. The van der Waals surface area contributed by atoms with Gasteiger partial charge >= 0.3 is 5.97 Å². The molecule has 0 aromatic carbocycles. The molecule has 0 saturated carbocycles. The second-order valence-electron chi connectivity index (χ2n) is 4.88. The lowest BCUT2D eigenvalue weighted by molar-refractivity contribution is -0.146. The number of hydrogen-bond donors (Lipinski definition) is 2. The molecule has 1 aliphatic heterocycles. The first-order valence-electron chi connectivity index (χ1n) is 6.76. The number of esters is 1. The third kappa shape index (κ3) is 5.40. The highest BCUT2D eigenvalue weighted by Crippen LogP contribution is 2.12. The average Bonchev–Trinajstić information content (AvgIpc) is 2.44. The number of amides is 1. The molecule has 1 aliphatic rings. The molecule has 0 spiro atoms. The van der Waals surface area contributed by atoms with Crippen LogP contribution in [0.1, 0.15) is 26.7 Å². The van der Waals surface area contributed by atoms with Crippen LogP contribution in [-0.2, 0) is 14.3 Å². The fourth-order valence-corrected chi connectivity index (χ4v) is 2.95. The fourth-order valence-electron chi connectivity index (χ4n) is 2.00. The average molecular weight is 288 g/mol. The van der Waals surface area contributed by atoms with Crippen LogP contribution in [0.4, 0.5) is 0 Å². The normalized spacial score (nSPS) is 22.4. The number of carbonyl (C=O) groups is 2. The summed E-state index contributed by atoms with van der Waals surface area (Å²) in [7, 11) is 1.35. The maximum Gasteiger partial charge on any atom is 0.328 e. The summed E-state index contributed by atoms with van der Waals surface area (Å²) in [6.45, 7) is 4.87. The smallest absolute Gasteiger partial charge is 0.328 e. The van der Waals surface area contributed by atoms with Crippen LogP contribution in [0.25, 0.3) is 0 Å². The maximum atomic E-state index is 12.0. The van der Waals surface area contributed by atoms with Gasteiger partial charge in [0, 0.05) is 30.5 Å². The monoisotopic (exact) mass is 288 g/mol. The molecule has 6 heteroatoms. The number of thioether (sulfide) groups is 1. The molecule has 1 saturated heterocycles. The van der Waals surface area contributed by atoms with Gasteiger partial charge in [0.25, 0.3) is 0 Å². The summed E-state index contributed by atoms with van der Waals surface area (Å²) in [5.41, 5.74) is 0. The first-order valence-corrected chi connectivity index (χ1v) is 7.92. The second kappa shape index (κ2) is 8.43.